The topological polar surface area (TPSA) is 61.0 Å². The highest BCUT2D eigenvalue weighted by Crippen LogP contribution is 2.22. The number of aromatic nitrogens is 2. The molecular formula is C15H19N3O. The van der Waals surface area contributed by atoms with E-state index in [1.807, 2.05) is 30.3 Å². The summed E-state index contributed by atoms with van der Waals surface area (Å²) in [5.41, 5.74) is 7.57. The maximum atomic E-state index is 5.58. The summed E-state index contributed by atoms with van der Waals surface area (Å²) in [6.45, 7) is 2.75. The van der Waals surface area contributed by atoms with E-state index in [9.17, 15) is 0 Å². The second-order valence-electron chi connectivity index (χ2n) is 4.51. The fraction of sp³-hybridized carbons (Fsp3) is 0.333. The molecule has 100 valence electrons. The molecular weight excluding hydrogens is 238 g/mol. The molecule has 0 saturated carbocycles. The smallest absolute Gasteiger partial charge is 0.131 e. The van der Waals surface area contributed by atoms with Gasteiger partial charge in [0, 0.05) is 17.7 Å². The fourth-order valence-corrected chi connectivity index (χ4v) is 1.91. The third-order valence-corrected chi connectivity index (χ3v) is 3.10. The SMILES string of the molecule is COc1ccc(-c2ccnc(C(C)CCN)n2)cc1. The molecule has 2 rings (SSSR count). The fourth-order valence-electron chi connectivity index (χ4n) is 1.91. The molecule has 0 aliphatic heterocycles. The Balaban J connectivity index is 2.26. The highest BCUT2D eigenvalue weighted by Gasteiger charge is 2.09. The van der Waals surface area contributed by atoms with Gasteiger partial charge < -0.3 is 10.5 Å². The van der Waals surface area contributed by atoms with Crippen molar-refractivity contribution in [2.24, 2.45) is 5.73 Å². The molecule has 19 heavy (non-hydrogen) atoms. The first-order valence-corrected chi connectivity index (χ1v) is 6.42. The van der Waals surface area contributed by atoms with Gasteiger partial charge in [-0.2, -0.15) is 0 Å². The predicted molar refractivity (Wildman–Crippen MR) is 76.1 cm³/mol. The van der Waals surface area contributed by atoms with E-state index in [1.165, 1.54) is 0 Å². The zero-order chi connectivity index (χ0) is 13.7. The average Bonchev–Trinajstić information content (AvgIpc) is 2.48. The van der Waals surface area contributed by atoms with Gasteiger partial charge in [0.2, 0.25) is 0 Å². The minimum atomic E-state index is 0.281. The molecule has 0 aliphatic carbocycles. The Morgan fingerprint density at radius 1 is 1.21 bits per heavy atom. The van der Waals surface area contributed by atoms with Gasteiger partial charge in [-0.25, -0.2) is 9.97 Å². The lowest BCUT2D eigenvalue weighted by atomic mass is 10.1. The van der Waals surface area contributed by atoms with Crippen LogP contribution in [0.1, 0.15) is 25.1 Å². The van der Waals surface area contributed by atoms with E-state index in [2.05, 4.69) is 16.9 Å². The second kappa shape index (κ2) is 6.29. The van der Waals surface area contributed by atoms with Gasteiger partial charge in [-0.05, 0) is 43.3 Å². The standard InChI is InChI=1S/C15H19N3O/c1-11(7-9-16)15-17-10-8-14(18-15)12-3-5-13(19-2)6-4-12/h3-6,8,10-11H,7,9,16H2,1-2H3. The zero-order valence-electron chi connectivity index (χ0n) is 11.3. The van der Waals surface area contributed by atoms with Crippen molar-refractivity contribution in [1.82, 2.24) is 9.97 Å². The van der Waals surface area contributed by atoms with Crippen LogP contribution < -0.4 is 10.5 Å². The van der Waals surface area contributed by atoms with Crippen LogP contribution >= 0.6 is 0 Å². The summed E-state index contributed by atoms with van der Waals surface area (Å²) < 4.78 is 5.15. The molecule has 0 bridgehead atoms. The van der Waals surface area contributed by atoms with Crippen LogP contribution in [-0.2, 0) is 0 Å². The molecule has 2 aromatic rings. The molecule has 0 radical (unpaired) electrons. The van der Waals surface area contributed by atoms with E-state index in [0.29, 0.717) is 6.54 Å². The van der Waals surface area contributed by atoms with Crippen LogP contribution in [0.5, 0.6) is 5.75 Å². The van der Waals surface area contributed by atoms with Crippen LogP contribution in [0.2, 0.25) is 0 Å². The molecule has 1 atom stereocenters. The highest BCUT2D eigenvalue weighted by atomic mass is 16.5. The lowest BCUT2D eigenvalue weighted by Crippen LogP contribution is -2.08. The molecule has 0 saturated heterocycles. The minimum absolute atomic E-state index is 0.281. The van der Waals surface area contributed by atoms with Crippen molar-refractivity contribution in [2.75, 3.05) is 13.7 Å². The summed E-state index contributed by atoms with van der Waals surface area (Å²) in [6, 6.07) is 9.78. The van der Waals surface area contributed by atoms with E-state index in [4.69, 9.17) is 10.5 Å². The summed E-state index contributed by atoms with van der Waals surface area (Å²) in [7, 11) is 1.66. The molecule has 4 nitrogen and oxygen atoms in total. The summed E-state index contributed by atoms with van der Waals surface area (Å²) >= 11 is 0. The number of hydrogen-bond acceptors (Lipinski definition) is 4. The van der Waals surface area contributed by atoms with Gasteiger partial charge in [0.1, 0.15) is 11.6 Å². The molecule has 0 aliphatic rings. The third-order valence-electron chi connectivity index (χ3n) is 3.10. The lowest BCUT2D eigenvalue weighted by molar-refractivity contribution is 0.415. The molecule has 0 amide bonds. The predicted octanol–water partition coefficient (Wildman–Crippen LogP) is 2.60. The lowest BCUT2D eigenvalue weighted by Gasteiger charge is -2.10. The number of methoxy groups -OCH3 is 1. The van der Waals surface area contributed by atoms with Crippen molar-refractivity contribution in [3.05, 3.63) is 42.4 Å². The van der Waals surface area contributed by atoms with Gasteiger partial charge >= 0.3 is 0 Å². The maximum absolute atomic E-state index is 5.58. The van der Waals surface area contributed by atoms with Crippen molar-refractivity contribution in [3.63, 3.8) is 0 Å². The van der Waals surface area contributed by atoms with Crippen LogP contribution in [0.3, 0.4) is 0 Å². The van der Waals surface area contributed by atoms with E-state index >= 15 is 0 Å². The van der Waals surface area contributed by atoms with Crippen molar-refractivity contribution in [2.45, 2.75) is 19.3 Å². The van der Waals surface area contributed by atoms with Crippen LogP contribution in [-0.4, -0.2) is 23.6 Å². The summed E-state index contributed by atoms with van der Waals surface area (Å²) in [6.07, 6.45) is 2.70. The Morgan fingerprint density at radius 3 is 2.58 bits per heavy atom. The van der Waals surface area contributed by atoms with E-state index in [1.54, 1.807) is 13.3 Å². The van der Waals surface area contributed by atoms with Crippen LogP contribution in [0.4, 0.5) is 0 Å². The van der Waals surface area contributed by atoms with Crippen molar-refractivity contribution in [1.29, 1.82) is 0 Å². The quantitative estimate of drug-likeness (QED) is 0.894. The van der Waals surface area contributed by atoms with Gasteiger partial charge in [-0.3, -0.25) is 0 Å². The molecule has 1 heterocycles. The molecule has 0 spiro atoms. The number of hydrogen-bond donors (Lipinski definition) is 1. The van der Waals surface area contributed by atoms with E-state index in [0.717, 1.165) is 29.3 Å². The summed E-state index contributed by atoms with van der Waals surface area (Å²) in [5.74, 6) is 1.97. The van der Waals surface area contributed by atoms with Crippen molar-refractivity contribution < 1.29 is 4.74 Å². The highest BCUT2D eigenvalue weighted by molar-refractivity contribution is 5.59. The maximum Gasteiger partial charge on any atom is 0.131 e. The zero-order valence-corrected chi connectivity index (χ0v) is 11.3. The Kier molecular flexibility index (Phi) is 4.47. The Morgan fingerprint density at radius 2 is 1.95 bits per heavy atom. The molecule has 0 fully saturated rings. The molecule has 1 aromatic carbocycles. The first-order valence-electron chi connectivity index (χ1n) is 6.42. The van der Waals surface area contributed by atoms with Crippen LogP contribution in [0, 0.1) is 0 Å². The molecule has 1 unspecified atom stereocenters. The monoisotopic (exact) mass is 257 g/mol. The molecule has 2 N–H and O–H groups in total. The van der Waals surface area contributed by atoms with Crippen molar-refractivity contribution in [3.8, 4) is 17.0 Å². The van der Waals surface area contributed by atoms with Crippen molar-refractivity contribution >= 4 is 0 Å². The van der Waals surface area contributed by atoms with Gasteiger partial charge in [0.05, 0.1) is 12.8 Å². The minimum Gasteiger partial charge on any atom is -0.497 e. The van der Waals surface area contributed by atoms with Crippen LogP contribution in [0.15, 0.2) is 36.5 Å². The Bertz CT molecular complexity index is 525. The number of nitrogens with two attached hydrogens (primary N) is 1. The number of rotatable bonds is 5. The number of nitrogens with zero attached hydrogens (tertiary/aromatic N) is 2. The first-order chi connectivity index (χ1) is 9.24. The summed E-state index contributed by atoms with van der Waals surface area (Å²) in [5, 5.41) is 0. The first kappa shape index (κ1) is 13.5. The van der Waals surface area contributed by atoms with Gasteiger partial charge in [-0.15, -0.1) is 0 Å². The van der Waals surface area contributed by atoms with Gasteiger partial charge in [-0.1, -0.05) is 6.92 Å². The Labute approximate surface area is 113 Å². The average molecular weight is 257 g/mol. The Hall–Kier alpha value is -1.94. The largest absolute Gasteiger partial charge is 0.497 e. The van der Waals surface area contributed by atoms with Crippen LogP contribution in [0.25, 0.3) is 11.3 Å². The molecule has 4 heteroatoms. The third kappa shape index (κ3) is 3.29. The van der Waals surface area contributed by atoms with E-state index in [-0.39, 0.29) is 5.92 Å². The number of benzene rings is 1. The van der Waals surface area contributed by atoms with E-state index < -0.39 is 0 Å². The van der Waals surface area contributed by atoms with Gasteiger partial charge in [0.25, 0.3) is 0 Å². The number of ether oxygens (including phenoxy) is 1. The second-order valence-corrected chi connectivity index (χ2v) is 4.51. The van der Waals surface area contributed by atoms with Gasteiger partial charge in [0.15, 0.2) is 0 Å². The normalized spacial score (nSPS) is 12.2. The molecule has 1 aromatic heterocycles. The summed E-state index contributed by atoms with van der Waals surface area (Å²) in [4.78, 5) is 8.94.